The van der Waals surface area contributed by atoms with Crippen LogP contribution in [0.3, 0.4) is 0 Å². The summed E-state index contributed by atoms with van der Waals surface area (Å²) < 4.78 is 0.844. The second kappa shape index (κ2) is 13.3. The molecule has 5 N–H and O–H groups in total. The zero-order chi connectivity index (χ0) is 18.0. The molecule has 0 rings (SSSR count). The molecule has 0 aliphatic heterocycles. The van der Waals surface area contributed by atoms with Crippen LogP contribution < -0.4 is 5.32 Å². The Morgan fingerprint density at radius 2 is 1.65 bits per heavy atom. The van der Waals surface area contributed by atoms with Gasteiger partial charge in [-0.15, -0.1) is 0 Å². The van der Waals surface area contributed by atoms with E-state index in [-0.39, 0.29) is 63.9 Å². The molecule has 0 aromatic rings. The van der Waals surface area contributed by atoms with Gasteiger partial charge in [-0.2, -0.15) is 0 Å². The molecule has 0 saturated heterocycles. The molecule has 0 unspecified atom stereocenters. The maximum atomic E-state index is 11.3. The average molecular weight is 366 g/mol. The molecule has 0 heterocycles. The predicted octanol–water partition coefficient (Wildman–Crippen LogP) is -2.27. The van der Waals surface area contributed by atoms with Gasteiger partial charge in [0.2, 0.25) is 5.91 Å². The average Bonchev–Trinajstić information content (AvgIpc) is 2.36. The normalized spacial score (nSPS) is 12.3. The molecule has 0 bridgehead atoms. The van der Waals surface area contributed by atoms with Crippen molar-refractivity contribution in [2.45, 2.75) is 26.4 Å². The number of carboxylic acids is 1. The van der Waals surface area contributed by atoms with Crippen molar-refractivity contribution < 1.29 is 34.5 Å². The van der Waals surface area contributed by atoms with E-state index in [0.29, 0.717) is 0 Å². The molecule has 1 amide bonds. The van der Waals surface area contributed by atoms with Gasteiger partial charge >= 0.3 is 43.7 Å². The third-order valence-electron chi connectivity index (χ3n) is 2.81. The summed E-state index contributed by atoms with van der Waals surface area (Å²) in [6, 6.07) is 0. The number of quaternary nitrogens is 1. The number of aliphatic hydroxyl groups excluding tert-OH is 3. The predicted molar refractivity (Wildman–Crippen MR) is 90.7 cm³/mol. The number of aliphatic hydroxyl groups is 3. The molecule has 23 heavy (non-hydrogen) atoms. The van der Waals surface area contributed by atoms with E-state index in [1.54, 1.807) is 0 Å². The molecule has 0 saturated carbocycles. The van der Waals surface area contributed by atoms with Gasteiger partial charge in [-0.1, -0.05) is 13.8 Å². The molecule has 0 aliphatic rings. The van der Waals surface area contributed by atoms with Crippen molar-refractivity contribution in [3.63, 3.8) is 0 Å². The number of hydrogen-bond acceptors (Lipinski definition) is 5. The van der Waals surface area contributed by atoms with Gasteiger partial charge in [0.05, 0.1) is 40.8 Å². The van der Waals surface area contributed by atoms with E-state index in [9.17, 15) is 14.7 Å². The van der Waals surface area contributed by atoms with E-state index in [1.807, 2.05) is 0 Å². The van der Waals surface area contributed by atoms with Crippen LogP contribution in [0.15, 0.2) is 0 Å². The summed E-state index contributed by atoms with van der Waals surface area (Å²) in [6.07, 6.45) is -1.55. The van der Waals surface area contributed by atoms with Gasteiger partial charge in [-0.3, -0.25) is 9.59 Å². The minimum atomic E-state index is -1.35. The first-order valence-corrected chi connectivity index (χ1v) is 7.07. The van der Waals surface area contributed by atoms with Gasteiger partial charge in [0.1, 0.15) is 12.6 Å². The fourth-order valence-electron chi connectivity index (χ4n) is 1.13. The first kappa shape index (κ1) is 27.9. The Morgan fingerprint density at radius 3 is 1.91 bits per heavy atom. The van der Waals surface area contributed by atoms with Crippen molar-refractivity contribution >= 4 is 49.6 Å². The van der Waals surface area contributed by atoms with E-state index in [4.69, 9.17) is 15.3 Å². The zero-order valence-electron chi connectivity index (χ0n) is 14.2. The third kappa shape index (κ3) is 16.7. The van der Waals surface area contributed by atoms with Crippen LogP contribution in [0.5, 0.6) is 0 Å². The van der Waals surface area contributed by atoms with Crippen LogP contribution in [-0.2, 0) is 9.59 Å². The van der Waals surface area contributed by atoms with Gasteiger partial charge in [-0.05, 0) is 0 Å². The molecule has 136 valence electrons. The second-order valence-electron chi connectivity index (χ2n) is 6.72. The molecule has 1 atom stereocenters. The molecule has 0 aromatic heterocycles. The summed E-state index contributed by atoms with van der Waals surface area (Å²) in [7, 11) is 6.16. The van der Waals surface area contributed by atoms with E-state index in [0.717, 1.165) is 11.0 Å². The Morgan fingerprint density at radius 1 is 1.17 bits per heavy atom. The van der Waals surface area contributed by atoms with E-state index < -0.39 is 23.4 Å². The molecular weight excluding hydrogens is 332 g/mol. The number of nitrogens with zero attached hydrogens (tertiary/aromatic N) is 1. The topological polar surface area (TPSA) is 127 Å². The van der Waals surface area contributed by atoms with E-state index in [2.05, 4.69) is 26.5 Å². The molecule has 8 nitrogen and oxygen atoms in total. The molecule has 0 spiro atoms. The van der Waals surface area contributed by atoms with Crippen LogP contribution in [0.2, 0.25) is 0 Å². The Balaban J connectivity index is -0.000000425. The van der Waals surface area contributed by atoms with Crippen LogP contribution in [-0.4, -0.2) is 128 Å². The summed E-state index contributed by atoms with van der Waals surface area (Å²) in [6.45, 7) is 3.82. The Labute approximate surface area is 168 Å². The van der Waals surface area contributed by atoms with Gasteiger partial charge in [0.15, 0.2) is 0 Å². The second-order valence-corrected chi connectivity index (χ2v) is 6.72. The van der Waals surface area contributed by atoms with Crippen LogP contribution in [0.4, 0.5) is 0 Å². The summed E-state index contributed by atoms with van der Waals surface area (Å²) >= 11 is 0. The number of carboxylic acid groups (broad SMARTS) is 1. The monoisotopic (exact) mass is 365 g/mol. The SMILES string of the molecule is CC(C)(CO)[C@@H](O)C(=O)NCCC(=O)O.C[N+](C)(C)CCO.[CaH2]. The van der Waals surface area contributed by atoms with Gasteiger partial charge in [0.25, 0.3) is 0 Å². The molecule has 0 fully saturated rings. The zero-order valence-corrected chi connectivity index (χ0v) is 14.2. The van der Waals surface area contributed by atoms with Crippen LogP contribution in [0.1, 0.15) is 20.3 Å². The number of aliphatic carboxylic acids is 1. The summed E-state index contributed by atoms with van der Waals surface area (Å²) in [5, 5.41) is 37.4. The molecule has 0 aromatic carbocycles. The van der Waals surface area contributed by atoms with Crippen LogP contribution in [0, 0.1) is 5.41 Å². The Bertz CT molecular complexity index is 345. The quantitative estimate of drug-likeness (QED) is 0.244. The van der Waals surface area contributed by atoms with E-state index in [1.165, 1.54) is 13.8 Å². The first-order valence-electron chi connectivity index (χ1n) is 7.07. The van der Waals surface area contributed by atoms with Crippen molar-refractivity contribution in [2.24, 2.45) is 5.41 Å². The number of carbonyl (C=O) groups excluding carboxylic acids is 1. The van der Waals surface area contributed by atoms with Gasteiger partial charge in [-0.25, -0.2) is 0 Å². The molecular formula is C14H33CaN2O6+. The summed E-state index contributed by atoms with van der Waals surface area (Å²) in [5.74, 6) is -1.69. The standard InChI is InChI=1S/C9H17NO5.C5H14NO.Ca.2H/c1-9(2,5-11)7(14)8(15)10-4-3-6(12)13;1-6(2,3)4-5-7;;;/h7,11,14H,3-5H2,1-2H3,(H,10,15)(H,12,13);7H,4-5H2,1-3H3;;;/q;+1;;;/t7-;;;;/m0..../s1. The fourth-order valence-corrected chi connectivity index (χ4v) is 1.13. The Hall–Kier alpha value is 0.0397. The van der Waals surface area contributed by atoms with Crippen molar-refractivity contribution in [3.8, 4) is 0 Å². The van der Waals surface area contributed by atoms with Crippen molar-refractivity contribution in [3.05, 3.63) is 0 Å². The number of carbonyl (C=O) groups is 2. The number of rotatable bonds is 8. The van der Waals surface area contributed by atoms with Crippen LogP contribution in [0.25, 0.3) is 0 Å². The number of amides is 1. The molecule has 0 radical (unpaired) electrons. The maximum absolute atomic E-state index is 11.3. The number of likely N-dealkylation sites (N-methyl/N-ethyl adjacent to an activating group) is 1. The Kier molecular flexibility index (Phi) is 16.2. The fraction of sp³-hybridized carbons (Fsp3) is 0.857. The molecule has 9 heteroatoms. The molecule has 0 aliphatic carbocycles. The number of nitrogens with one attached hydrogen (secondary N) is 1. The van der Waals surface area contributed by atoms with Crippen molar-refractivity contribution in [1.82, 2.24) is 5.32 Å². The van der Waals surface area contributed by atoms with Crippen molar-refractivity contribution in [1.29, 1.82) is 0 Å². The first-order chi connectivity index (χ1) is 9.87. The number of hydrogen-bond donors (Lipinski definition) is 5. The van der Waals surface area contributed by atoms with Gasteiger partial charge in [0, 0.05) is 12.0 Å². The summed E-state index contributed by atoms with van der Waals surface area (Å²) in [5.41, 5.74) is -0.937. The van der Waals surface area contributed by atoms with Crippen LogP contribution >= 0.6 is 0 Å². The van der Waals surface area contributed by atoms with E-state index >= 15 is 0 Å². The minimum absolute atomic E-state index is 0. The summed E-state index contributed by atoms with van der Waals surface area (Å²) in [4.78, 5) is 21.4. The van der Waals surface area contributed by atoms with Gasteiger partial charge < -0.3 is 30.2 Å². The third-order valence-corrected chi connectivity index (χ3v) is 2.81. The van der Waals surface area contributed by atoms with Crippen molar-refractivity contribution in [2.75, 3.05) is 47.4 Å².